The number of aromatic amines is 1. The third kappa shape index (κ3) is 5.15. The van der Waals surface area contributed by atoms with E-state index in [1.54, 1.807) is 0 Å². The van der Waals surface area contributed by atoms with Crippen LogP contribution in [-0.4, -0.2) is 37.2 Å². The number of nitrogens with zero attached hydrogens (tertiary/aromatic N) is 1. The number of unbranched alkanes of at least 4 members (excludes halogenated alkanes) is 2. The summed E-state index contributed by atoms with van der Waals surface area (Å²) in [6, 6.07) is 8.57. The van der Waals surface area contributed by atoms with Crippen LogP contribution in [0.1, 0.15) is 24.8 Å². The van der Waals surface area contributed by atoms with Crippen LogP contribution >= 0.6 is 24.0 Å². The lowest BCUT2D eigenvalue weighted by molar-refractivity contribution is -0.870. The van der Waals surface area contributed by atoms with Crippen molar-refractivity contribution in [3.05, 3.63) is 36.0 Å². The molecular weight excluding hydrogens is 347 g/mol. The van der Waals surface area contributed by atoms with Crippen LogP contribution in [0.5, 0.6) is 0 Å². The molecular formula is C16H26IN2+. The highest BCUT2D eigenvalue weighted by molar-refractivity contribution is 14.0. The van der Waals surface area contributed by atoms with Crippen LogP contribution in [0.15, 0.2) is 30.5 Å². The standard InChI is InChI=1S/C16H25N2.HI/c1-18(2,3)12-8-4-5-9-14-13-17-16-11-7-6-10-15(14)16;/h6-7,10-11,13,17H,4-5,8-9,12H2,1-3H3;1H/q+1;. The summed E-state index contributed by atoms with van der Waals surface area (Å²) in [4.78, 5) is 3.35. The Morgan fingerprint density at radius 3 is 2.47 bits per heavy atom. The van der Waals surface area contributed by atoms with E-state index in [4.69, 9.17) is 0 Å². The zero-order valence-electron chi connectivity index (χ0n) is 12.3. The molecule has 1 aromatic heterocycles. The number of aromatic nitrogens is 1. The summed E-state index contributed by atoms with van der Waals surface area (Å²) >= 11 is 0. The number of hydrogen-bond donors (Lipinski definition) is 1. The lowest BCUT2D eigenvalue weighted by Crippen LogP contribution is -2.35. The molecule has 0 fully saturated rings. The maximum atomic E-state index is 3.35. The molecule has 0 aliphatic carbocycles. The van der Waals surface area contributed by atoms with E-state index in [9.17, 15) is 0 Å². The summed E-state index contributed by atoms with van der Waals surface area (Å²) in [7, 11) is 6.79. The van der Waals surface area contributed by atoms with Crippen molar-refractivity contribution in [1.29, 1.82) is 0 Å². The Kier molecular flexibility index (Phi) is 6.33. The average molecular weight is 373 g/mol. The highest BCUT2D eigenvalue weighted by Gasteiger charge is 2.06. The molecule has 19 heavy (non-hydrogen) atoms. The minimum Gasteiger partial charge on any atom is -0.361 e. The molecule has 0 spiro atoms. The van der Waals surface area contributed by atoms with Gasteiger partial charge in [-0.15, -0.1) is 24.0 Å². The van der Waals surface area contributed by atoms with Gasteiger partial charge in [0.1, 0.15) is 0 Å². The number of aryl methyl sites for hydroxylation is 1. The minimum atomic E-state index is 0. The second kappa shape index (κ2) is 7.29. The van der Waals surface area contributed by atoms with Crippen LogP contribution < -0.4 is 0 Å². The van der Waals surface area contributed by atoms with Crippen molar-refractivity contribution in [2.45, 2.75) is 25.7 Å². The Morgan fingerprint density at radius 1 is 1.00 bits per heavy atom. The van der Waals surface area contributed by atoms with Gasteiger partial charge in [0.15, 0.2) is 0 Å². The summed E-state index contributed by atoms with van der Waals surface area (Å²) in [5.41, 5.74) is 2.73. The first-order valence-corrected chi connectivity index (χ1v) is 6.92. The molecule has 0 saturated heterocycles. The van der Waals surface area contributed by atoms with E-state index in [2.05, 4.69) is 56.6 Å². The van der Waals surface area contributed by atoms with Gasteiger partial charge in [0.2, 0.25) is 0 Å². The Morgan fingerprint density at radius 2 is 1.74 bits per heavy atom. The molecule has 0 saturated carbocycles. The van der Waals surface area contributed by atoms with Crippen LogP contribution in [-0.2, 0) is 6.42 Å². The molecule has 0 aliphatic heterocycles. The molecule has 106 valence electrons. The van der Waals surface area contributed by atoms with Crippen molar-refractivity contribution in [2.75, 3.05) is 27.7 Å². The highest BCUT2D eigenvalue weighted by atomic mass is 127. The van der Waals surface area contributed by atoms with Crippen LogP contribution in [0.2, 0.25) is 0 Å². The van der Waals surface area contributed by atoms with Gasteiger partial charge in [-0.05, 0) is 37.3 Å². The Labute approximate surface area is 133 Å². The third-order valence-corrected chi connectivity index (χ3v) is 3.45. The zero-order valence-corrected chi connectivity index (χ0v) is 14.6. The molecule has 1 heterocycles. The number of benzene rings is 1. The molecule has 0 radical (unpaired) electrons. The second-order valence-electron chi connectivity index (χ2n) is 6.18. The number of halogens is 1. The fraction of sp³-hybridized carbons (Fsp3) is 0.500. The molecule has 1 N–H and O–H groups in total. The van der Waals surface area contributed by atoms with E-state index in [1.807, 2.05) is 0 Å². The van der Waals surface area contributed by atoms with E-state index in [0.29, 0.717) is 0 Å². The molecule has 1 aromatic carbocycles. The lowest BCUT2D eigenvalue weighted by atomic mass is 10.1. The first-order chi connectivity index (χ1) is 8.56. The van der Waals surface area contributed by atoms with Crippen molar-refractivity contribution in [2.24, 2.45) is 0 Å². The smallest absolute Gasteiger partial charge is 0.0780 e. The summed E-state index contributed by atoms with van der Waals surface area (Å²) in [6.07, 6.45) is 7.31. The highest BCUT2D eigenvalue weighted by Crippen LogP contribution is 2.19. The molecule has 2 nitrogen and oxygen atoms in total. The molecule has 0 aliphatic rings. The van der Waals surface area contributed by atoms with Crippen LogP contribution in [0.4, 0.5) is 0 Å². The molecule has 0 amide bonds. The van der Waals surface area contributed by atoms with E-state index in [1.165, 1.54) is 48.7 Å². The first-order valence-electron chi connectivity index (χ1n) is 6.92. The summed E-state index contributed by atoms with van der Waals surface area (Å²) in [6.45, 7) is 1.27. The largest absolute Gasteiger partial charge is 0.361 e. The van der Waals surface area contributed by atoms with Gasteiger partial charge >= 0.3 is 0 Å². The maximum Gasteiger partial charge on any atom is 0.0780 e. The van der Waals surface area contributed by atoms with Gasteiger partial charge in [-0.2, -0.15) is 0 Å². The summed E-state index contributed by atoms with van der Waals surface area (Å²) < 4.78 is 1.08. The predicted octanol–water partition coefficient (Wildman–Crippen LogP) is 4.20. The van der Waals surface area contributed by atoms with Gasteiger partial charge < -0.3 is 9.47 Å². The SMILES string of the molecule is C[N+](C)(C)CCCCCc1c[nH]c2ccccc12.I. The fourth-order valence-electron chi connectivity index (χ4n) is 2.42. The molecule has 0 atom stereocenters. The van der Waals surface area contributed by atoms with Gasteiger partial charge in [-0.3, -0.25) is 0 Å². The van der Waals surface area contributed by atoms with E-state index in [0.717, 1.165) is 4.48 Å². The normalized spacial score (nSPS) is 11.5. The quantitative estimate of drug-likeness (QED) is 0.444. The summed E-state index contributed by atoms with van der Waals surface area (Å²) in [5, 5.41) is 1.39. The monoisotopic (exact) mass is 373 g/mol. The first kappa shape index (κ1) is 16.5. The molecule has 2 rings (SSSR count). The van der Waals surface area contributed by atoms with Crippen molar-refractivity contribution >= 4 is 34.9 Å². The van der Waals surface area contributed by atoms with Gasteiger partial charge in [0.05, 0.1) is 27.7 Å². The Bertz CT molecular complexity index is 497. The van der Waals surface area contributed by atoms with Crippen LogP contribution in [0.3, 0.4) is 0 Å². The topological polar surface area (TPSA) is 15.8 Å². The third-order valence-electron chi connectivity index (χ3n) is 3.45. The van der Waals surface area contributed by atoms with E-state index in [-0.39, 0.29) is 24.0 Å². The molecule has 2 aromatic rings. The van der Waals surface area contributed by atoms with Crippen molar-refractivity contribution < 1.29 is 4.48 Å². The average Bonchev–Trinajstić information content (AvgIpc) is 2.71. The number of nitrogens with one attached hydrogen (secondary N) is 1. The van der Waals surface area contributed by atoms with Crippen molar-refractivity contribution in [1.82, 2.24) is 4.98 Å². The predicted molar refractivity (Wildman–Crippen MR) is 94.2 cm³/mol. The van der Waals surface area contributed by atoms with E-state index < -0.39 is 0 Å². The number of rotatable bonds is 6. The van der Waals surface area contributed by atoms with Gasteiger partial charge in [-0.25, -0.2) is 0 Å². The maximum absolute atomic E-state index is 3.35. The number of para-hydroxylation sites is 1. The number of hydrogen-bond acceptors (Lipinski definition) is 0. The fourth-order valence-corrected chi connectivity index (χ4v) is 2.42. The number of quaternary nitrogens is 1. The molecule has 0 unspecified atom stereocenters. The Hall–Kier alpha value is -0.550. The van der Waals surface area contributed by atoms with E-state index >= 15 is 0 Å². The van der Waals surface area contributed by atoms with Crippen LogP contribution in [0.25, 0.3) is 10.9 Å². The van der Waals surface area contributed by atoms with Gasteiger partial charge in [-0.1, -0.05) is 18.2 Å². The van der Waals surface area contributed by atoms with Crippen molar-refractivity contribution in [3.63, 3.8) is 0 Å². The van der Waals surface area contributed by atoms with Crippen LogP contribution in [0, 0.1) is 0 Å². The van der Waals surface area contributed by atoms with Gasteiger partial charge in [0.25, 0.3) is 0 Å². The van der Waals surface area contributed by atoms with Gasteiger partial charge in [0, 0.05) is 17.1 Å². The molecule has 0 bridgehead atoms. The molecule has 3 heteroatoms. The number of fused-ring (bicyclic) bond motifs is 1. The van der Waals surface area contributed by atoms with Crippen molar-refractivity contribution in [3.8, 4) is 0 Å². The Balaban J connectivity index is 0.00000180. The lowest BCUT2D eigenvalue weighted by Gasteiger charge is -2.23. The summed E-state index contributed by atoms with van der Waals surface area (Å²) in [5.74, 6) is 0. The number of H-pyrrole nitrogens is 1. The minimum absolute atomic E-state index is 0. The zero-order chi connectivity index (χ0) is 13.0. The second-order valence-corrected chi connectivity index (χ2v) is 6.18.